The van der Waals surface area contributed by atoms with Gasteiger partial charge in [0.2, 0.25) is 0 Å². The Morgan fingerprint density at radius 3 is 2.24 bits per heavy atom. The van der Waals surface area contributed by atoms with Gasteiger partial charge in [0.05, 0.1) is 6.26 Å². The molecule has 0 spiro atoms. The van der Waals surface area contributed by atoms with Crippen molar-refractivity contribution in [2.75, 3.05) is 18.0 Å². The predicted molar refractivity (Wildman–Crippen MR) is 134 cm³/mol. The quantitative estimate of drug-likeness (QED) is 0.264. The topological polar surface area (TPSA) is 71.8 Å². The molecule has 1 heterocycles. The average Bonchev–Trinajstić information content (AvgIpc) is 3.41. The first kappa shape index (κ1) is 23.3. The van der Waals surface area contributed by atoms with Gasteiger partial charge >= 0.3 is 0 Å². The summed E-state index contributed by atoms with van der Waals surface area (Å²) in [4.78, 5) is 27.1. The van der Waals surface area contributed by atoms with Crippen molar-refractivity contribution in [2.24, 2.45) is 0 Å². The van der Waals surface area contributed by atoms with Crippen LogP contribution in [0.2, 0.25) is 0 Å². The Morgan fingerprint density at radius 1 is 0.853 bits per heavy atom. The number of carbonyl (C=O) groups is 2. The number of furan rings is 1. The summed E-state index contributed by atoms with van der Waals surface area (Å²) in [5, 5.41) is 2.90. The number of hydrogen-bond acceptors (Lipinski definition) is 4. The van der Waals surface area contributed by atoms with Gasteiger partial charge < -0.3 is 19.4 Å². The van der Waals surface area contributed by atoms with E-state index in [-0.39, 0.29) is 17.6 Å². The lowest BCUT2D eigenvalue weighted by Gasteiger charge is -2.22. The average molecular weight is 519 g/mol. The summed E-state index contributed by atoms with van der Waals surface area (Å²) < 4.78 is 12.1. The molecule has 1 aromatic heterocycles. The van der Waals surface area contributed by atoms with Crippen molar-refractivity contribution in [1.29, 1.82) is 0 Å². The smallest absolute Gasteiger partial charge is 0.293 e. The molecule has 0 atom stereocenters. The highest BCUT2D eigenvalue weighted by Gasteiger charge is 2.20. The van der Waals surface area contributed by atoms with Crippen molar-refractivity contribution in [3.05, 3.63) is 113 Å². The third kappa shape index (κ3) is 6.14. The maximum atomic E-state index is 13.1. The monoisotopic (exact) mass is 518 g/mol. The summed E-state index contributed by atoms with van der Waals surface area (Å²) in [6.07, 6.45) is 2.04. The van der Waals surface area contributed by atoms with Crippen LogP contribution in [0.3, 0.4) is 0 Å². The molecule has 0 aliphatic carbocycles. The lowest BCUT2D eigenvalue weighted by atomic mass is 10.2. The minimum absolute atomic E-state index is 0.154. The molecule has 172 valence electrons. The Kier molecular flexibility index (Phi) is 7.78. The van der Waals surface area contributed by atoms with E-state index in [9.17, 15) is 9.59 Å². The standard InChI is InChI=1S/C27H23BrN2O4/c28-21-11-9-20(10-12-21)26(31)29-17-5-18-30(27(32)25-8-4-19-33-25)22-13-15-24(16-14-22)34-23-6-2-1-3-7-23/h1-4,6-16,19H,5,17-18H2,(H,29,31). The summed E-state index contributed by atoms with van der Waals surface area (Å²) in [5.74, 6) is 1.26. The van der Waals surface area contributed by atoms with Gasteiger partial charge in [-0.05, 0) is 79.2 Å². The summed E-state index contributed by atoms with van der Waals surface area (Å²) >= 11 is 3.36. The number of para-hydroxylation sites is 1. The number of nitrogens with one attached hydrogen (secondary N) is 1. The van der Waals surface area contributed by atoms with Gasteiger partial charge in [-0.3, -0.25) is 9.59 Å². The predicted octanol–water partition coefficient (Wildman–Crippen LogP) is 6.30. The molecule has 0 radical (unpaired) electrons. The van der Waals surface area contributed by atoms with Gasteiger partial charge in [0, 0.05) is 28.8 Å². The molecule has 0 aliphatic rings. The summed E-state index contributed by atoms with van der Waals surface area (Å²) in [6.45, 7) is 0.824. The number of benzene rings is 3. The van der Waals surface area contributed by atoms with Crippen LogP contribution in [0.1, 0.15) is 27.3 Å². The molecule has 1 N–H and O–H groups in total. The van der Waals surface area contributed by atoms with Gasteiger partial charge in [-0.2, -0.15) is 0 Å². The van der Waals surface area contributed by atoms with Crippen LogP contribution in [0.15, 0.2) is 106 Å². The van der Waals surface area contributed by atoms with Gasteiger partial charge in [-0.15, -0.1) is 0 Å². The SMILES string of the molecule is O=C(NCCCN(C(=O)c1ccco1)c1ccc(Oc2ccccc2)cc1)c1ccc(Br)cc1. The number of anilines is 1. The van der Waals surface area contributed by atoms with Crippen LogP contribution in [0.5, 0.6) is 11.5 Å². The lowest BCUT2D eigenvalue weighted by Crippen LogP contribution is -2.34. The zero-order valence-corrected chi connectivity index (χ0v) is 19.9. The van der Waals surface area contributed by atoms with Crippen molar-refractivity contribution in [1.82, 2.24) is 5.32 Å². The fraction of sp³-hybridized carbons (Fsp3) is 0.111. The zero-order chi connectivity index (χ0) is 23.8. The molecule has 0 saturated carbocycles. The van der Waals surface area contributed by atoms with E-state index in [0.717, 1.165) is 10.2 Å². The number of carbonyl (C=O) groups excluding carboxylic acids is 2. The molecule has 0 bridgehead atoms. The van der Waals surface area contributed by atoms with Gasteiger partial charge in [0.25, 0.3) is 11.8 Å². The van der Waals surface area contributed by atoms with Crippen LogP contribution in [0, 0.1) is 0 Å². The minimum Gasteiger partial charge on any atom is -0.459 e. The third-order valence-corrected chi connectivity index (χ3v) is 5.58. The maximum Gasteiger partial charge on any atom is 0.293 e. The van der Waals surface area contributed by atoms with Crippen LogP contribution in [0.25, 0.3) is 0 Å². The van der Waals surface area contributed by atoms with Crippen molar-refractivity contribution >= 4 is 33.4 Å². The number of rotatable bonds is 9. The first-order valence-electron chi connectivity index (χ1n) is 10.8. The Bertz CT molecular complexity index is 1210. The summed E-state index contributed by atoms with van der Waals surface area (Å²) in [6, 6.07) is 27.3. The van der Waals surface area contributed by atoms with Crippen LogP contribution in [-0.2, 0) is 0 Å². The van der Waals surface area contributed by atoms with E-state index in [1.807, 2.05) is 66.7 Å². The van der Waals surface area contributed by atoms with Crippen LogP contribution >= 0.6 is 15.9 Å². The molecule has 2 amide bonds. The Hall–Kier alpha value is -3.84. The summed E-state index contributed by atoms with van der Waals surface area (Å²) in [5.41, 5.74) is 1.29. The van der Waals surface area contributed by atoms with Crippen molar-refractivity contribution in [3.8, 4) is 11.5 Å². The van der Waals surface area contributed by atoms with E-state index in [1.165, 1.54) is 6.26 Å². The molecule has 7 heteroatoms. The second kappa shape index (κ2) is 11.3. The van der Waals surface area contributed by atoms with E-state index in [0.29, 0.717) is 36.5 Å². The fourth-order valence-corrected chi connectivity index (χ4v) is 3.61. The minimum atomic E-state index is -0.249. The number of halogens is 1. The van der Waals surface area contributed by atoms with E-state index >= 15 is 0 Å². The highest BCUT2D eigenvalue weighted by Crippen LogP contribution is 2.25. The molecule has 0 aliphatic heterocycles. The number of hydrogen-bond donors (Lipinski definition) is 1. The molecule has 0 unspecified atom stereocenters. The molecule has 0 fully saturated rings. The Balaban J connectivity index is 1.40. The first-order chi connectivity index (χ1) is 16.6. The summed E-state index contributed by atoms with van der Waals surface area (Å²) in [7, 11) is 0. The van der Waals surface area contributed by atoms with Crippen LogP contribution < -0.4 is 15.0 Å². The largest absolute Gasteiger partial charge is 0.459 e. The zero-order valence-electron chi connectivity index (χ0n) is 18.3. The van der Waals surface area contributed by atoms with Crippen LogP contribution in [-0.4, -0.2) is 24.9 Å². The van der Waals surface area contributed by atoms with E-state index in [2.05, 4.69) is 21.2 Å². The van der Waals surface area contributed by atoms with E-state index in [1.54, 1.807) is 29.2 Å². The molecule has 4 aromatic rings. The number of nitrogens with zero attached hydrogens (tertiary/aromatic N) is 1. The molecule has 4 rings (SSSR count). The van der Waals surface area contributed by atoms with Crippen LogP contribution in [0.4, 0.5) is 5.69 Å². The Morgan fingerprint density at radius 2 is 1.56 bits per heavy atom. The highest BCUT2D eigenvalue weighted by molar-refractivity contribution is 9.10. The van der Waals surface area contributed by atoms with Gasteiger partial charge in [-0.25, -0.2) is 0 Å². The normalized spacial score (nSPS) is 10.5. The molecule has 6 nitrogen and oxygen atoms in total. The maximum absolute atomic E-state index is 13.1. The number of ether oxygens (including phenoxy) is 1. The highest BCUT2D eigenvalue weighted by atomic mass is 79.9. The third-order valence-electron chi connectivity index (χ3n) is 5.05. The Labute approximate surface area is 206 Å². The van der Waals surface area contributed by atoms with Gasteiger partial charge in [-0.1, -0.05) is 34.1 Å². The van der Waals surface area contributed by atoms with Gasteiger partial charge in [0.15, 0.2) is 5.76 Å². The van der Waals surface area contributed by atoms with Crippen molar-refractivity contribution in [3.63, 3.8) is 0 Å². The van der Waals surface area contributed by atoms with Gasteiger partial charge in [0.1, 0.15) is 11.5 Å². The van der Waals surface area contributed by atoms with Crippen molar-refractivity contribution < 1.29 is 18.7 Å². The van der Waals surface area contributed by atoms with E-state index < -0.39 is 0 Å². The second-order valence-electron chi connectivity index (χ2n) is 7.46. The number of amides is 2. The molecular formula is C27H23BrN2O4. The molecule has 34 heavy (non-hydrogen) atoms. The van der Waals surface area contributed by atoms with E-state index in [4.69, 9.17) is 9.15 Å². The molecule has 0 saturated heterocycles. The molecule has 3 aromatic carbocycles. The van der Waals surface area contributed by atoms with Crippen molar-refractivity contribution in [2.45, 2.75) is 6.42 Å². The first-order valence-corrected chi connectivity index (χ1v) is 11.6. The second-order valence-corrected chi connectivity index (χ2v) is 8.38. The lowest BCUT2D eigenvalue weighted by molar-refractivity contribution is 0.0953. The fourth-order valence-electron chi connectivity index (χ4n) is 3.34. The molecular weight excluding hydrogens is 496 g/mol.